The van der Waals surface area contributed by atoms with Gasteiger partial charge in [0, 0.05) is 38.8 Å². The molecule has 2 heterocycles. The first kappa shape index (κ1) is 17.2. The maximum Gasteiger partial charge on any atom is 0.407 e. The number of carbonyl (C=O) groups is 2. The quantitative estimate of drug-likeness (QED) is 0.902. The second kappa shape index (κ2) is 6.49. The van der Waals surface area contributed by atoms with Crippen molar-refractivity contribution in [3.8, 4) is 0 Å². The van der Waals surface area contributed by atoms with Gasteiger partial charge in [-0.3, -0.25) is 4.79 Å². The third kappa shape index (κ3) is 3.13. The molecule has 2 amide bonds. The standard InChI is InChI=1S/C20H27N3O3/c1-22(2)17-5-3-14(4-6-17)15-7-9-23(10-8-15)18(24)16-11-20(12-16)13-26-19(25)21-20/h3-6,15-16H,7-13H2,1-2H3,(H,21,25)/t16-,20+. The normalized spacial score (nSPS) is 28.5. The summed E-state index contributed by atoms with van der Waals surface area (Å²) in [4.78, 5) is 28.1. The molecule has 140 valence electrons. The highest BCUT2D eigenvalue weighted by Gasteiger charge is 2.53. The van der Waals surface area contributed by atoms with Crippen LogP contribution in [-0.4, -0.2) is 56.2 Å². The Morgan fingerprint density at radius 2 is 1.85 bits per heavy atom. The Morgan fingerprint density at radius 3 is 2.38 bits per heavy atom. The zero-order valence-corrected chi connectivity index (χ0v) is 15.5. The molecule has 0 atom stereocenters. The number of piperidine rings is 1. The third-order valence-electron chi connectivity index (χ3n) is 6.16. The van der Waals surface area contributed by atoms with Crippen molar-refractivity contribution in [2.75, 3.05) is 38.7 Å². The number of likely N-dealkylation sites (tertiary alicyclic amines) is 1. The largest absolute Gasteiger partial charge is 0.447 e. The minimum Gasteiger partial charge on any atom is -0.447 e. The number of nitrogens with one attached hydrogen (secondary N) is 1. The summed E-state index contributed by atoms with van der Waals surface area (Å²) in [7, 11) is 4.10. The minimum atomic E-state index is -0.350. The molecule has 0 radical (unpaired) electrons. The fourth-order valence-electron chi connectivity index (χ4n) is 4.51. The molecule has 2 saturated heterocycles. The average molecular weight is 357 g/mol. The Hall–Kier alpha value is -2.24. The second-order valence-corrected chi connectivity index (χ2v) is 8.17. The van der Waals surface area contributed by atoms with Crippen molar-refractivity contribution in [1.29, 1.82) is 0 Å². The third-order valence-corrected chi connectivity index (χ3v) is 6.16. The van der Waals surface area contributed by atoms with Crippen LogP contribution in [0.25, 0.3) is 0 Å². The van der Waals surface area contributed by atoms with E-state index in [4.69, 9.17) is 4.74 Å². The number of hydrogen-bond donors (Lipinski definition) is 1. The first-order chi connectivity index (χ1) is 12.5. The molecule has 0 aromatic heterocycles. The van der Waals surface area contributed by atoms with Crippen molar-refractivity contribution in [1.82, 2.24) is 10.2 Å². The molecule has 1 aromatic carbocycles. The molecule has 1 N–H and O–H groups in total. The molecular weight excluding hydrogens is 330 g/mol. The highest BCUT2D eigenvalue weighted by atomic mass is 16.6. The molecule has 6 heteroatoms. The van der Waals surface area contributed by atoms with Crippen molar-refractivity contribution >= 4 is 17.7 Å². The van der Waals surface area contributed by atoms with Crippen LogP contribution in [0.1, 0.15) is 37.2 Å². The molecule has 4 rings (SSSR count). The molecule has 1 spiro atoms. The Bertz CT molecular complexity index is 687. The van der Waals surface area contributed by atoms with Gasteiger partial charge in [-0.05, 0) is 49.3 Å². The number of cyclic esters (lactones) is 1. The molecule has 1 aliphatic carbocycles. The molecule has 1 aromatic rings. The van der Waals surface area contributed by atoms with Gasteiger partial charge >= 0.3 is 6.09 Å². The van der Waals surface area contributed by atoms with E-state index < -0.39 is 0 Å². The summed E-state index contributed by atoms with van der Waals surface area (Å²) in [6.07, 6.45) is 3.11. The zero-order chi connectivity index (χ0) is 18.3. The first-order valence-corrected chi connectivity index (χ1v) is 9.47. The van der Waals surface area contributed by atoms with E-state index in [-0.39, 0.29) is 23.5 Å². The summed E-state index contributed by atoms with van der Waals surface area (Å²) >= 11 is 0. The average Bonchev–Trinajstić information content (AvgIpc) is 3.02. The van der Waals surface area contributed by atoms with Gasteiger partial charge in [-0.25, -0.2) is 4.79 Å². The number of hydrogen-bond acceptors (Lipinski definition) is 4. The van der Waals surface area contributed by atoms with E-state index >= 15 is 0 Å². The molecular formula is C20H27N3O3. The lowest BCUT2D eigenvalue weighted by molar-refractivity contribution is -0.142. The Kier molecular flexibility index (Phi) is 4.29. The van der Waals surface area contributed by atoms with Crippen LogP contribution >= 0.6 is 0 Å². The lowest BCUT2D eigenvalue weighted by Gasteiger charge is -2.45. The van der Waals surface area contributed by atoms with E-state index in [9.17, 15) is 9.59 Å². The van der Waals surface area contributed by atoms with Crippen LogP contribution in [0.15, 0.2) is 24.3 Å². The van der Waals surface area contributed by atoms with Crippen molar-refractivity contribution in [2.24, 2.45) is 5.92 Å². The highest BCUT2D eigenvalue weighted by Crippen LogP contribution is 2.42. The number of carbonyl (C=O) groups excluding carboxylic acids is 2. The van der Waals surface area contributed by atoms with Crippen LogP contribution in [0.4, 0.5) is 10.5 Å². The van der Waals surface area contributed by atoms with E-state index in [2.05, 4.69) is 34.5 Å². The van der Waals surface area contributed by atoms with Crippen molar-refractivity contribution < 1.29 is 14.3 Å². The van der Waals surface area contributed by atoms with Gasteiger partial charge in [-0.15, -0.1) is 0 Å². The smallest absolute Gasteiger partial charge is 0.407 e. The molecule has 1 saturated carbocycles. The maximum absolute atomic E-state index is 12.7. The second-order valence-electron chi connectivity index (χ2n) is 8.17. The number of anilines is 1. The van der Waals surface area contributed by atoms with Gasteiger partial charge in [0.25, 0.3) is 0 Å². The molecule has 2 aliphatic heterocycles. The molecule has 0 bridgehead atoms. The van der Waals surface area contributed by atoms with Crippen molar-refractivity contribution in [2.45, 2.75) is 37.1 Å². The summed E-state index contributed by atoms with van der Waals surface area (Å²) < 4.78 is 4.99. The van der Waals surface area contributed by atoms with Crippen LogP contribution in [0.3, 0.4) is 0 Å². The fourth-order valence-corrected chi connectivity index (χ4v) is 4.51. The monoisotopic (exact) mass is 357 g/mol. The number of nitrogens with zero attached hydrogens (tertiary/aromatic N) is 2. The van der Waals surface area contributed by atoms with Crippen LogP contribution in [0.5, 0.6) is 0 Å². The Balaban J connectivity index is 1.28. The lowest BCUT2D eigenvalue weighted by Crippen LogP contribution is -2.58. The Morgan fingerprint density at radius 1 is 1.19 bits per heavy atom. The number of alkyl carbamates (subject to hydrolysis) is 1. The van der Waals surface area contributed by atoms with E-state index in [0.29, 0.717) is 25.4 Å². The summed E-state index contributed by atoms with van der Waals surface area (Å²) in [6.45, 7) is 2.05. The van der Waals surface area contributed by atoms with Crippen molar-refractivity contribution in [3.05, 3.63) is 29.8 Å². The topological polar surface area (TPSA) is 61.9 Å². The maximum atomic E-state index is 12.7. The molecule has 0 unspecified atom stereocenters. The summed E-state index contributed by atoms with van der Waals surface area (Å²) in [5, 5.41) is 2.86. The highest BCUT2D eigenvalue weighted by molar-refractivity contribution is 5.81. The molecule has 26 heavy (non-hydrogen) atoms. The summed E-state index contributed by atoms with van der Waals surface area (Å²) in [5.41, 5.74) is 2.31. The van der Waals surface area contributed by atoms with E-state index in [1.807, 2.05) is 19.0 Å². The SMILES string of the molecule is CN(C)c1ccc(C2CCN(C(=O)[C@H]3C[C@]4(COC(=O)N4)C3)CC2)cc1. The molecule has 6 nitrogen and oxygen atoms in total. The van der Waals surface area contributed by atoms with Gasteiger partial charge in [0.15, 0.2) is 0 Å². The molecule has 3 fully saturated rings. The van der Waals surface area contributed by atoms with Crippen LogP contribution in [0.2, 0.25) is 0 Å². The van der Waals surface area contributed by atoms with E-state index in [0.717, 1.165) is 25.9 Å². The van der Waals surface area contributed by atoms with Crippen LogP contribution in [-0.2, 0) is 9.53 Å². The lowest BCUT2D eigenvalue weighted by atomic mass is 9.68. The molecule has 3 aliphatic rings. The fraction of sp³-hybridized carbons (Fsp3) is 0.600. The van der Waals surface area contributed by atoms with Crippen LogP contribution < -0.4 is 10.2 Å². The zero-order valence-electron chi connectivity index (χ0n) is 15.5. The summed E-state index contributed by atoms with van der Waals surface area (Å²) in [6, 6.07) is 8.77. The number of rotatable bonds is 3. The van der Waals surface area contributed by atoms with E-state index in [1.165, 1.54) is 11.3 Å². The van der Waals surface area contributed by atoms with Gasteiger partial charge in [0.05, 0.1) is 5.54 Å². The van der Waals surface area contributed by atoms with Crippen LogP contribution in [0, 0.1) is 5.92 Å². The minimum absolute atomic E-state index is 0.0351. The number of amides is 2. The van der Waals surface area contributed by atoms with Gasteiger partial charge in [-0.1, -0.05) is 12.1 Å². The van der Waals surface area contributed by atoms with E-state index in [1.54, 1.807) is 0 Å². The van der Waals surface area contributed by atoms with Gasteiger partial charge < -0.3 is 19.9 Å². The predicted molar refractivity (Wildman–Crippen MR) is 99.3 cm³/mol. The Labute approximate surface area is 154 Å². The van der Waals surface area contributed by atoms with Crippen molar-refractivity contribution in [3.63, 3.8) is 0 Å². The first-order valence-electron chi connectivity index (χ1n) is 9.47. The number of ether oxygens (including phenoxy) is 1. The van der Waals surface area contributed by atoms with Gasteiger partial charge in [0.2, 0.25) is 5.91 Å². The predicted octanol–water partition coefficient (Wildman–Crippen LogP) is 2.35. The van der Waals surface area contributed by atoms with Gasteiger partial charge in [0.1, 0.15) is 6.61 Å². The number of benzene rings is 1. The van der Waals surface area contributed by atoms with Gasteiger partial charge in [-0.2, -0.15) is 0 Å². The summed E-state index contributed by atoms with van der Waals surface area (Å²) in [5.74, 6) is 0.816.